The zero-order chi connectivity index (χ0) is 23.1. The first-order valence-corrected chi connectivity index (χ1v) is 11.9. The van der Waals surface area contributed by atoms with Crippen LogP contribution >= 0.6 is 11.8 Å². The predicted molar refractivity (Wildman–Crippen MR) is 130 cm³/mol. The van der Waals surface area contributed by atoms with Gasteiger partial charge in [-0.25, -0.2) is 9.97 Å². The number of nitrogens with one attached hydrogen (secondary N) is 1. The van der Waals surface area contributed by atoms with Crippen molar-refractivity contribution in [2.45, 2.75) is 57.0 Å². The van der Waals surface area contributed by atoms with E-state index in [-0.39, 0.29) is 11.3 Å². The van der Waals surface area contributed by atoms with Gasteiger partial charge in [0.1, 0.15) is 11.6 Å². The van der Waals surface area contributed by atoms with E-state index < -0.39 is 0 Å². The van der Waals surface area contributed by atoms with E-state index in [0.29, 0.717) is 17.9 Å². The molecule has 3 aromatic rings. The van der Waals surface area contributed by atoms with E-state index >= 15 is 0 Å². The maximum Gasteiger partial charge on any atom is 0.251 e. The quantitative estimate of drug-likeness (QED) is 0.344. The van der Waals surface area contributed by atoms with Gasteiger partial charge < -0.3 is 14.6 Å². The van der Waals surface area contributed by atoms with Crippen LogP contribution in [0.4, 0.5) is 5.82 Å². The fourth-order valence-corrected chi connectivity index (χ4v) is 3.94. The van der Waals surface area contributed by atoms with Crippen molar-refractivity contribution in [2.24, 2.45) is 0 Å². The number of benzene rings is 1. The van der Waals surface area contributed by atoms with Crippen LogP contribution in [0.25, 0.3) is 0 Å². The first-order valence-electron chi connectivity index (χ1n) is 10.9. The van der Waals surface area contributed by atoms with Crippen LogP contribution < -0.4 is 10.2 Å². The van der Waals surface area contributed by atoms with E-state index in [0.717, 1.165) is 41.0 Å². The van der Waals surface area contributed by atoms with Crippen LogP contribution in [0.3, 0.4) is 0 Å². The summed E-state index contributed by atoms with van der Waals surface area (Å²) >= 11 is 1.59. The molecular formula is C25H32N4O2S. The fraction of sp³-hybridized carbons (Fsp3) is 0.400. The number of anilines is 1. The number of aromatic nitrogens is 2. The highest BCUT2D eigenvalue weighted by molar-refractivity contribution is 7.98. The van der Waals surface area contributed by atoms with Crippen molar-refractivity contribution in [1.82, 2.24) is 15.3 Å². The van der Waals surface area contributed by atoms with Crippen LogP contribution in [-0.2, 0) is 17.7 Å². The van der Waals surface area contributed by atoms with Crippen molar-refractivity contribution in [2.75, 3.05) is 18.5 Å². The van der Waals surface area contributed by atoms with E-state index in [2.05, 4.69) is 51.0 Å². The Morgan fingerprint density at radius 1 is 1.16 bits per heavy atom. The second kappa shape index (κ2) is 10.7. The SMILES string of the molecule is CCCN(C)c1cc(C(C)(C)C)nc(SCc2cccc(C(=O)NCc3ccco3)c2)n1. The van der Waals surface area contributed by atoms with Crippen LogP contribution in [0.5, 0.6) is 0 Å². The molecule has 1 amide bonds. The van der Waals surface area contributed by atoms with Crippen molar-refractivity contribution < 1.29 is 9.21 Å². The van der Waals surface area contributed by atoms with Gasteiger partial charge in [-0.05, 0) is 36.2 Å². The maximum absolute atomic E-state index is 12.5. The molecule has 0 aliphatic rings. The summed E-state index contributed by atoms with van der Waals surface area (Å²) in [5, 5.41) is 3.64. The Balaban J connectivity index is 1.71. The fourth-order valence-electron chi connectivity index (χ4n) is 3.14. The Bertz CT molecular complexity index is 1030. The van der Waals surface area contributed by atoms with E-state index in [1.807, 2.05) is 36.4 Å². The molecule has 0 atom stereocenters. The average Bonchev–Trinajstić information content (AvgIpc) is 3.29. The van der Waals surface area contributed by atoms with Crippen molar-refractivity contribution >= 4 is 23.5 Å². The number of rotatable bonds is 9. The molecular weight excluding hydrogens is 420 g/mol. The highest BCUT2D eigenvalue weighted by Gasteiger charge is 2.19. The van der Waals surface area contributed by atoms with Crippen molar-refractivity contribution in [3.8, 4) is 0 Å². The summed E-state index contributed by atoms with van der Waals surface area (Å²) in [5.74, 6) is 2.23. The molecule has 170 valence electrons. The number of nitrogens with zero attached hydrogens (tertiary/aromatic N) is 3. The Morgan fingerprint density at radius 3 is 2.66 bits per heavy atom. The second-order valence-electron chi connectivity index (χ2n) is 8.82. The minimum Gasteiger partial charge on any atom is -0.467 e. The van der Waals surface area contributed by atoms with Gasteiger partial charge in [-0.2, -0.15) is 0 Å². The molecule has 0 aliphatic carbocycles. The summed E-state index contributed by atoms with van der Waals surface area (Å²) < 4.78 is 5.27. The number of thioether (sulfide) groups is 1. The van der Waals surface area contributed by atoms with Gasteiger partial charge in [-0.1, -0.05) is 51.6 Å². The first-order chi connectivity index (χ1) is 15.3. The van der Waals surface area contributed by atoms with E-state index in [9.17, 15) is 4.79 Å². The van der Waals surface area contributed by atoms with Gasteiger partial charge in [-0.15, -0.1) is 0 Å². The Morgan fingerprint density at radius 2 is 1.97 bits per heavy atom. The lowest BCUT2D eigenvalue weighted by molar-refractivity contribution is 0.0948. The van der Waals surface area contributed by atoms with Crippen molar-refractivity contribution in [3.05, 3.63) is 71.3 Å². The van der Waals surface area contributed by atoms with Gasteiger partial charge in [-0.3, -0.25) is 4.79 Å². The lowest BCUT2D eigenvalue weighted by atomic mass is 9.92. The highest BCUT2D eigenvalue weighted by atomic mass is 32.2. The Labute approximate surface area is 194 Å². The molecule has 2 aromatic heterocycles. The molecule has 3 rings (SSSR count). The molecule has 0 unspecified atom stereocenters. The molecule has 1 aromatic carbocycles. The zero-order valence-corrected chi connectivity index (χ0v) is 20.3. The molecule has 7 heteroatoms. The predicted octanol–water partition coefficient (Wildman–Crippen LogP) is 5.44. The molecule has 6 nitrogen and oxygen atoms in total. The summed E-state index contributed by atoms with van der Waals surface area (Å²) in [5.41, 5.74) is 2.64. The molecule has 0 fully saturated rings. The Kier molecular flexibility index (Phi) is 7.96. The van der Waals surface area contributed by atoms with Gasteiger partial charge in [0.05, 0.1) is 18.5 Å². The molecule has 32 heavy (non-hydrogen) atoms. The smallest absolute Gasteiger partial charge is 0.251 e. The van der Waals surface area contributed by atoms with Crippen LogP contribution in [-0.4, -0.2) is 29.5 Å². The second-order valence-corrected chi connectivity index (χ2v) is 9.76. The third-order valence-electron chi connectivity index (χ3n) is 4.97. The summed E-state index contributed by atoms with van der Waals surface area (Å²) in [6.45, 7) is 9.97. The average molecular weight is 453 g/mol. The molecule has 2 heterocycles. The monoisotopic (exact) mass is 452 g/mol. The lowest BCUT2D eigenvalue weighted by Gasteiger charge is -2.23. The third kappa shape index (κ3) is 6.60. The summed E-state index contributed by atoms with van der Waals surface area (Å²) in [6.07, 6.45) is 2.66. The summed E-state index contributed by atoms with van der Waals surface area (Å²) in [4.78, 5) is 24.3. The molecule has 0 aliphatic heterocycles. The normalized spacial score (nSPS) is 11.4. The van der Waals surface area contributed by atoms with Gasteiger partial charge >= 0.3 is 0 Å². The number of carbonyl (C=O) groups excluding carboxylic acids is 1. The molecule has 0 saturated heterocycles. The molecule has 0 radical (unpaired) electrons. The lowest BCUT2D eigenvalue weighted by Crippen LogP contribution is -2.22. The van der Waals surface area contributed by atoms with E-state index in [4.69, 9.17) is 14.4 Å². The van der Waals surface area contributed by atoms with Gasteiger partial charge in [0, 0.05) is 36.4 Å². The van der Waals surface area contributed by atoms with Crippen LogP contribution in [0.1, 0.15) is 61.5 Å². The third-order valence-corrected chi connectivity index (χ3v) is 5.89. The van der Waals surface area contributed by atoms with E-state index in [1.54, 1.807) is 18.0 Å². The standard InChI is InChI=1S/C25H32N4O2S/c1-6-12-29(5)22-15-21(25(2,3)4)27-24(28-22)32-17-18-9-7-10-19(14-18)23(30)26-16-20-11-8-13-31-20/h7-11,13-15H,6,12,16-17H2,1-5H3,(H,26,30). The van der Waals surface area contributed by atoms with Crippen molar-refractivity contribution in [3.63, 3.8) is 0 Å². The Hall–Kier alpha value is -2.80. The first kappa shape index (κ1) is 23.9. The van der Waals surface area contributed by atoms with Crippen LogP contribution in [0.2, 0.25) is 0 Å². The van der Waals surface area contributed by atoms with Crippen molar-refractivity contribution in [1.29, 1.82) is 0 Å². The summed E-state index contributed by atoms with van der Waals surface area (Å²) in [6, 6.07) is 13.4. The van der Waals surface area contributed by atoms with Gasteiger partial charge in [0.15, 0.2) is 5.16 Å². The maximum atomic E-state index is 12.5. The minimum atomic E-state index is -0.122. The van der Waals surface area contributed by atoms with Gasteiger partial charge in [0.25, 0.3) is 5.91 Å². The molecule has 0 saturated carbocycles. The summed E-state index contributed by atoms with van der Waals surface area (Å²) in [7, 11) is 2.07. The zero-order valence-electron chi connectivity index (χ0n) is 19.5. The highest BCUT2D eigenvalue weighted by Crippen LogP contribution is 2.28. The molecule has 0 bridgehead atoms. The molecule has 1 N–H and O–H groups in total. The van der Waals surface area contributed by atoms with Crippen LogP contribution in [0, 0.1) is 0 Å². The van der Waals surface area contributed by atoms with Gasteiger partial charge in [0.2, 0.25) is 0 Å². The largest absolute Gasteiger partial charge is 0.467 e. The number of furan rings is 1. The number of amides is 1. The topological polar surface area (TPSA) is 71.3 Å². The van der Waals surface area contributed by atoms with E-state index in [1.165, 1.54) is 0 Å². The number of hydrogen-bond acceptors (Lipinski definition) is 6. The van der Waals surface area contributed by atoms with Crippen LogP contribution in [0.15, 0.2) is 58.3 Å². The number of hydrogen-bond donors (Lipinski definition) is 1. The minimum absolute atomic E-state index is 0.0634. The molecule has 0 spiro atoms. The number of carbonyl (C=O) groups is 1.